The lowest BCUT2D eigenvalue weighted by atomic mass is 10.2. The molecule has 3 aromatic rings. The van der Waals surface area contributed by atoms with Crippen molar-refractivity contribution in [2.75, 3.05) is 32.5 Å². The second-order valence-electron chi connectivity index (χ2n) is 6.66. The van der Waals surface area contributed by atoms with Crippen LogP contribution in [0.3, 0.4) is 0 Å². The molecule has 0 saturated carbocycles. The number of benzene rings is 2. The molecule has 0 unspecified atom stereocenters. The van der Waals surface area contributed by atoms with Crippen molar-refractivity contribution in [1.82, 2.24) is 15.2 Å². The standard InChI is InChI=1S/C21H23ClN4OS/c1-26(2)13-3-12-23-21(27)24-18-10-6-16(7-11-18)20-25-19(14-28-20)15-4-8-17(22)9-5-15/h4-11,14H,3,12-13H2,1-2H3,(H2,23,24,27). The van der Waals surface area contributed by atoms with E-state index in [9.17, 15) is 4.79 Å². The molecule has 7 heteroatoms. The number of thiazole rings is 1. The summed E-state index contributed by atoms with van der Waals surface area (Å²) in [5.74, 6) is 0. The van der Waals surface area contributed by atoms with Crippen LogP contribution in [-0.4, -0.2) is 43.1 Å². The summed E-state index contributed by atoms with van der Waals surface area (Å²) in [7, 11) is 4.03. The molecule has 28 heavy (non-hydrogen) atoms. The van der Waals surface area contributed by atoms with E-state index in [4.69, 9.17) is 16.6 Å². The molecule has 1 aromatic heterocycles. The minimum absolute atomic E-state index is 0.189. The largest absolute Gasteiger partial charge is 0.338 e. The third-order valence-electron chi connectivity index (χ3n) is 4.10. The molecule has 0 bridgehead atoms. The topological polar surface area (TPSA) is 57.3 Å². The first kappa shape index (κ1) is 20.3. The number of carbonyl (C=O) groups is 1. The summed E-state index contributed by atoms with van der Waals surface area (Å²) in [5, 5.41) is 9.39. The predicted molar refractivity (Wildman–Crippen MR) is 118 cm³/mol. The number of hydrogen-bond donors (Lipinski definition) is 2. The van der Waals surface area contributed by atoms with E-state index in [2.05, 4.69) is 15.5 Å². The molecule has 2 amide bonds. The normalized spacial score (nSPS) is 10.9. The van der Waals surface area contributed by atoms with E-state index in [1.807, 2.05) is 68.0 Å². The van der Waals surface area contributed by atoms with Gasteiger partial charge in [-0.3, -0.25) is 0 Å². The first-order valence-electron chi connectivity index (χ1n) is 9.03. The van der Waals surface area contributed by atoms with Gasteiger partial charge < -0.3 is 15.5 Å². The van der Waals surface area contributed by atoms with E-state index in [1.54, 1.807) is 11.3 Å². The molecule has 2 N–H and O–H groups in total. The van der Waals surface area contributed by atoms with Gasteiger partial charge in [-0.05, 0) is 63.5 Å². The Labute approximate surface area is 174 Å². The average Bonchev–Trinajstić information content (AvgIpc) is 3.16. The van der Waals surface area contributed by atoms with Crippen LogP contribution in [0.5, 0.6) is 0 Å². The molecular formula is C21H23ClN4OS. The van der Waals surface area contributed by atoms with Gasteiger partial charge in [0.05, 0.1) is 5.69 Å². The molecule has 0 aliphatic carbocycles. The molecule has 1 heterocycles. The molecule has 0 fully saturated rings. The van der Waals surface area contributed by atoms with Crippen LogP contribution in [-0.2, 0) is 0 Å². The number of hydrogen-bond acceptors (Lipinski definition) is 4. The van der Waals surface area contributed by atoms with Gasteiger partial charge in [0.15, 0.2) is 0 Å². The van der Waals surface area contributed by atoms with Crippen molar-refractivity contribution in [3.05, 3.63) is 58.9 Å². The fourth-order valence-corrected chi connectivity index (χ4v) is 3.59. The van der Waals surface area contributed by atoms with Crippen molar-refractivity contribution in [2.24, 2.45) is 0 Å². The van der Waals surface area contributed by atoms with Gasteiger partial charge in [0.2, 0.25) is 0 Å². The molecule has 0 atom stereocenters. The van der Waals surface area contributed by atoms with Gasteiger partial charge in [-0.25, -0.2) is 9.78 Å². The number of rotatable bonds is 7. The van der Waals surface area contributed by atoms with E-state index >= 15 is 0 Å². The van der Waals surface area contributed by atoms with Crippen molar-refractivity contribution in [1.29, 1.82) is 0 Å². The van der Waals surface area contributed by atoms with Crippen LogP contribution in [0.2, 0.25) is 5.02 Å². The zero-order valence-electron chi connectivity index (χ0n) is 15.9. The number of urea groups is 1. The van der Waals surface area contributed by atoms with E-state index in [1.165, 1.54) is 0 Å². The summed E-state index contributed by atoms with van der Waals surface area (Å²) in [4.78, 5) is 18.7. The minimum atomic E-state index is -0.189. The lowest BCUT2D eigenvalue weighted by molar-refractivity contribution is 0.251. The highest BCUT2D eigenvalue weighted by Crippen LogP contribution is 2.30. The Morgan fingerprint density at radius 1 is 1.07 bits per heavy atom. The van der Waals surface area contributed by atoms with E-state index in [-0.39, 0.29) is 6.03 Å². The predicted octanol–water partition coefficient (Wildman–Crippen LogP) is 5.20. The van der Waals surface area contributed by atoms with Crippen LogP contribution in [0.25, 0.3) is 21.8 Å². The van der Waals surface area contributed by atoms with E-state index in [0.717, 1.165) is 40.5 Å². The molecule has 3 rings (SSSR count). The summed E-state index contributed by atoms with van der Waals surface area (Å²) in [6.45, 7) is 1.59. The molecule has 0 spiro atoms. The summed E-state index contributed by atoms with van der Waals surface area (Å²) >= 11 is 7.53. The van der Waals surface area contributed by atoms with Crippen LogP contribution < -0.4 is 10.6 Å². The highest BCUT2D eigenvalue weighted by atomic mass is 35.5. The van der Waals surface area contributed by atoms with Gasteiger partial charge in [0.1, 0.15) is 5.01 Å². The Morgan fingerprint density at radius 3 is 2.43 bits per heavy atom. The quantitative estimate of drug-likeness (QED) is 0.522. The molecule has 0 aliphatic rings. The van der Waals surface area contributed by atoms with Gasteiger partial charge >= 0.3 is 6.03 Å². The lowest BCUT2D eigenvalue weighted by Gasteiger charge is -2.10. The second-order valence-corrected chi connectivity index (χ2v) is 7.95. The fourth-order valence-electron chi connectivity index (χ4n) is 2.63. The van der Waals surface area contributed by atoms with Gasteiger partial charge in [0, 0.05) is 33.8 Å². The molecular weight excluding hydrogens is 392 g/mol. The monoisotopic (exact) mass is 414 g/mol. The van der Waals surface area contributed by atoms with Crippen molar-refractivity contribution >= 4 is 34.7 Å². The maximum atomic E-state index is 11.9. The third-order valence-corrected chi connectivity index (χ3v) is 5.24. The number of nitrogens with one attached hydrogen (secondary N) is 2. The maximum Gasteiger partial charge on any atom is 0.319 e. The summed E-state index contributed by atoms with van der Waals surface area (Å²) in [6.07, 6.45) is 0.916. The average molecular weight is 415 g/mol. The molecule has 0 saturated heterocycles. The zero-order chi connectivity index (χ0) is 19.9. The molecule has 0 aliphatic heterocycles. The molecule has 5 nitrogen and oxygen atoms in total. The van der Waals surface area contributed by atoms with Gasteiger partial charge in [-0.15, -0.1) is 11.3 Å². The summed E-state index contributed by atoms with van der Waals surface area (Å²) in [5.41, 5.74) is 3.73. The number of anilines is 1. The lowest BCUT2D eigenvalue weighted by Crippen LogP contribution is -2.31. The number of carbonyl (C=O) groups excluding carboxylic acids is 1. The highest BCUT2D eigenvalue weighted by molar-refractivity contribution is 7.13. The van der Waals surface area contributed by atoms with Crippen molar-refractivity contribution in [3.63, 3.8) is 0 Å². The van der Waals surface area contributed by atoms with Gasteiger partial charge in [-0.2, -0.15) is 0 Å². The Bertz CT molecular complexity index is 907. The molecule has 2 aromatic carbocycles. The Kier molecular flexibility index (Phi) is 7.03. The molecule has 0 radical (unpaired) electrons. The number of amides is 2. The van der Waals surface area contributed by atoms with Crippen LogP contribution >= 0.6 is 22.9 Å². The summed E-state index contributed by atoms with van der Waals surface area (Å²) < 4.78 is 0. The Hall–Kier alpha value is -2.41. The Balaban J connectivity index is 1.57. The fraction of sp³-hybridized carbons (Fsp3) is 0.238. The smallest absolute Gasteiger partial charge is 0.319 e. The van der Waals surface area contributed by atoms with Crippen molar-refractivity contribution < 1.29 is 4.79 Å². The first-order chi connectivity index (χ1) is 13.5. The zero-order valence-corrected chi connectivity index (χ0v) is 17.5. The van der Waals surface area contributed by atoms with Crippen LogP contribution in [0.4, 0.5) is 10.5 Å². The van der Waals surface area contributed by atoms with E-state index < -0.39 is 0 Å². The van der Waals surface area contributed by atoms with Crippen LogP contribution in [0.15, 0.2) is 53.9 Å². The second kappa shape index (κ2) is 9.68. The summed E-state index contributed by atoms with van der Waals surface area (Å²) in [6, 6.07) is 15.2. The van der Waals surface area contributed by atoms with Crippen molar-refractivity contribution in [3.8, 4) is 21.8 Å². The SMILES string of the molecule is CN(C)CCCNC(=O)Nc1ccc(-c2nc(-c3ccc(Cl)cc3)cs2)cc1. The van der Waals surface area contributed by atoms with E-state index in [0.29, 0.717) is 11.6 Å². The van der Waals surface area contributed by atoms with Gasteiger partial charge in [-0.1, -0.05) is 23.7 Å². The number of aromatic nitrogens is 1. The maximum absolute atomic E-state index is 11.9. The highest BCUT2D eigenvalue weighted by Gasteiger charge is 2.08. The third kappa shape index (κ3) is 5.79. The number of halogens is 1. The number of nitrogens with zero attached hydrogens (tertiary/aromatic N) is 2. The minimum Gasteiger partial charge on any atom is -0.338 e. The van der Waals surface area contributed by atoms with Crippen LogP contribution in [0, 0.1) is 0 Å². The van der Waals surface area contributed by atoms with Crippen molar-refractivity contribution in [2.45, 2.75) is 6.42 Å². The Morgan fingerprint density at radius 2 is 1.75 bits per heavy atom. The molecule has 146 valence electrons. The van der Waals surface area contributed by atoms with Gasteiger partial charge in [0.25, 0.3) is 0 Å². The van der Waals surface area contributed by atoms with Crippen LogP contribution in [0.1, 0.15) is 6.42 Å². The first-order valence-corrected chi connectivity index (χ1v) is 10.3.